The largest absolute Gasteiger partial charge is 0.489 e. The fourth-order valence-electron chi connectivity index (χ4n) is 1.50. The molecule has 0 aliphatic heterocycles. The van der Waals surface area contributed by atoms with Crippen LogP contribution in [0, 0.1) is 0 Å². The van der Waals surface area contributed by atoms with Crippen molar-refractivity contribution in [3.05, 3.63) is 59.0 Å². The van der Waals surface area contributed by atoms with E-state index in [4.69, 9.17) is 9.15 Å². The second-order valence-corrected chi connectivity index (χ2v) is 5.11. The molecule has 0 spiro atoms. The zero-order valence-electron chi connectivity index (χ0n) is 11.0. The number of hydrogen-bond acceptors (Lipinski definition) is 3. The smallest absolute Gasteiger partial charge is 0.291 e. The van der Waals surface area contributed by atoms with Gasteiger partial charge in [-0.3, -0.25) is 4.79 Å². The summed E-state index contributed by atoms with van der Waals surface area (Å²) in [6, 6.07) is 10.4. The lowest BCUT2D eigenvalue weighted by atomic mass is 10.3. The number of carbonyl (C=O) groups is 1. The molecule has 0 aliphatic rings. The number of carbonyl (C=O) groups excluding carboxylic acids is 1. The van der Waals surface area contributed by atoms with Gasteiger partial charge in [-0.1, -0.05) is 12.6 Å². The van der Waals surface area contributed by atoms with Gasteiger partial charge in [-0.05, 0) is 52.7 Å². The van der Waals surface area contributed by atoms with Crippen LogP contribution in [0.5, 0.6) is 5.75 Å². The monoisotopic (exact) mass is 335 g/mol. The molecule has 2 rings (SSSR count). The lowest BCUT2D eigenvalue weighted by Crippen LogP contribution is -2.10. The summed E-state index contributed by atoms with van der Waals surface area (Å²) in [5, 5.41) is 2.74. The summed E-state index contributed by atoms with van der Waals surface area (Å²) in [6.07, 6.45) is 0. The van der Waals surface area contributed by atoms with E-state index < -0.39 is 0 Å². The van der Waals surface area contributed by atoms with Crippen LogP contribution in [0.2, 0.25) is 0 Å². The molecular weight excluding hydrogens is 322 g/mol. The van der Waals surface area contributed by atoms with E-state index in [9.17, 15) is 4.79 Å². The molecule has 20 heavy (non-hydrogen) atoms. The van der Waals surface area contributed by atoms with Gasteiger partial charge in [-0.15, -0.1) is 0 Å². The Hall–Kier alpha value is -2.01. The van der Waals surface area contributed by atoms with Gasteiger partial charge in [0.25, 0.3) is 5.91 Å². The van der Waals surface area contributed by atoms with Crippen LogP contribution < -0.4 is 10.1 Å². The lowest BCUT2D eigenvalue weighted by molar-refractivity contribution is 0.0995. The van der Waals surface area contributed by atoms with Crippen molar-refractivity contribution < 1.29 is 13.9 Å². The molecule has 0 saturated carbocycles. The molecule has 4 nitrogen and oxygen atoms in total. The number of ether oxygens (including phenoxy) is 1. The normalized spacial score (nSPS) is 10.1. The highest BCUT2D eigenvalue weighted by Crippen LogP contribution is 2.20. The standard InChI is InChI=1S/C15H14BrNO3/c1-10(2)9-19-12-5-3-4-11(8-12)17-15(18)13-6-7-14(16)20-13/h3-8H,1,9H2,2H3,(H,17,18). The summed E-state index contributed by atoms with van der Waals surface area (Å²) >= 11 is 3.16. The summed E-state index contributed by atoms with van der Waals surface area (Å²) in [4.78, 5) is 11.9. The second kappa shape index (κ2) is 6.43. The van der Waals surface area contributed by atoms with Crippen LogP contribution in [0.3, 0.4) is 0 Å². The summed E-state index contributed by atoms with van der Waals surface area (Å²) in [7, 11) is 0. The van der Waals surface area contributed by atoms with Gasteiger partial charge in [0.15, 0.2) is 10.4 Å². The number of halogens is 1. The fraction of sp³-hybridized carbons (Fsp3) is 0.133. The number of nitrogens with one attached hydrogen (secondary N) is 1. The maximum atomic E-state index is 11.9. The van der Waals surface area contributed by atoms with Crippen LogP contribution in [0.15, 0.2) is 57.6 Å². The summed E-state index contributed by atoms with van der Waals surface area (Å²) in [6.45, 7) is 6.11. The molecule has 2 aromatic rings. The predicted octanol–water partition coefficient (Wildman–Crippen LogP) is 4.25. The average Bonchev–Trinajstić information content (AvgIpc) is 2.84. The molecule has 1 amide bonds. The Morgan fingerprint density at radius 3 is 2.85 bits per heavy atom. The number of furan rings is 1. The molecule has 1 aromatic carbocycles. The molecule has 0 saturated heterocycles. The van der Waals surface area contributed by atoms with E-state index in [1.165, 1.54) is 0 Å². The molecule has 0 fully saturated rings. The molecule has 0 radical (unpaired) electrons. The minimum absolute atomic E-state index is 0.241. The molecule has 5 heteroatoms. The van der Waals surface area contributed by atoms with Crippen molar-refractivity contribution in [1.29, 1.82) is 0 Å². The Bertz CT molecular complexity index is 634. The maximum Gasteiger partial charge on any atom is 0.291 e. The van der Waals surface area contributed by atoms with Crippen LogP contribution in [0.4, 0.5) is 5.69 Å². The van der Waals surface area contributed by atoms with Gasteiger partial charge in [-0.25, -0.2) is 0 Å². The van der Waals surface area contributed by atoms with E-state index in [0.717, 1.165) is 5.57 Å². The Morgan fingerprint density at radius 2 is 2.20 bits per heavy atom. The van der Waals surface area contributed by atoms with Crippen LogP contribution in [0.25, 0.3) is 0 Å². The highest BCUT2D eigenvalue weighted by Gasteiger charge is 2.10. The van der Waals surface area contributed by atoms with Crippen LogP contribution >= 0.6 is 15.9 Å². The molecule has 1 N–H and O–H groups in total. The predicted molar refractivity (Wildman–Crippen MR) is 81.1 cm³/mol. The molecule has 0 atom stereocenters. The first-order chi connectivity index (χ1) is 9.54. The fourth-order valence-corrected chi connectivity index (χ4v) is 1.81. The summed E-state index contributed by atoms with van der Waals surface area (Å²) < 4.78 is 11.2. The Morgan fingerprint density at radius 1 is 1.40 bits per heavy atom. The van der Waals surface area contributed by atoms with Gasteiger partial charge in [0.2, 0.25) is 0 Å². The SMILES string of the molecule is C=C(C)COc1cccc(NC(=O)c2ccc(Br)o2)c1. The van der Waals surface area contributed by atoms with E-state index in [1.54, 1.807) is 30.3 Å². The van der Waals surface area contributed by atoms with Gasteiger partial charge in [-0.2, -0.15) is 0 Å². The topological polar surface area (TPSA) is 51.5 Å². The van der Waals surface area contributed by atoms with E-state index in [0.29, 0.717) is 22.7 Å². The Balaban J connectivity index is 2.04. The molecule has 1 aromatic heterocycles. The number of hydrogen-bond donors (Lipinski definition) is 1. The molecule has 0 aliphatic carbocycles. The van der Waals surface area contributed by atoms with Gasteiger partial charge in [0.05, 0.1) is 0 Å². The quantitative estimate of drug-likeness (QED) is 0.831. The minimum Gasteiger partial charge on any atom is -0.489 e. The van der Waals surface area contributed by atoms with E-state index in [2.05, 4.69) is 27.8 Å². The van der Waals surface area contributed by atoms with Crippen molar-refractivity contribution in [2.24, 2.45) is 0 Å². The molecule has 1 heterocycles. The lowest BCUT2D eigenvalue weighted by Gasteiger charge is -2.08. The third-order valence-corrected chi connectivity index (χ3v) is 2.80. The average molecular weight is 336 g/mol. The van der Waals surface area contributed by atoms with E-state index in [1.807, 2.05) is 13.0 Å². The van der Waals surface area contributed by atoms with Crippen LogP contribution in [-0.2, 0) is 0 Å². The number of benzene rings is 1. The maximum absolute atomic E-state index is 11.9. The van der Waals surface area contributed by atoms with Gasteiger partial charge < -0.3 is 14.5 Å². The first kappa shape index (κ1) is 14.4. The number of amides is 1. The Kier molecular flexibility index (Phi) is 4.63. The zero-order chi connectivity index (χ0) is 14.5. The van der Waals surface area contributed by atoms with Gasteiger partial charge >= 0.3 is 0 Å². The van der Waals surface area contributed by atoms with E-state index in [-0.39, 0.29) is 11.7 Å². The first-order valence-electron chi connectivity index (χ1n) is 5.98. The number of rotatable bonds is 5. The van der Waals surface area contributed by atoms with Crippen LogP contribution in [0.1, 0.15) is 17.5 Å². The zero-order valence-corrected chi connectivity index (χ0v) is 12.6. The molecule has 0 unspecified atom stereocenters. The van der Waals surface area contributed by atoms with Crippen LogP contribution in [-0.4, -0.2) is 12.5 Å². The highest BCUT2D eigenvalue weighted by molar-refractivity contribution is 9.10. The van der Waals surface area contributed by atoms with Gasteiger partial charge in [0, 0.05) is 11.8 Å². The minimum atomic E-state index is -0.312. The second-order valence-electron chi connectivity index (χ2n) is 4.33. The Labute approximate surface area is 125 Å². The van der Waals surface area contributed by atoms with Crippen molar-refractivity contribution in [3.63, 3.8) is 0 Å². The third kappa shape index (κ3) is 3.99. The van der Waals surface area contributed by atoms with Crippen molar-refractivity contribution in [1.82, 2.24) is 0 Å². The van der Waals surface area contributed by atoms with Crippen molar-refractivity contribution in [3.8, 4) is 5.75 Å². The highest BCUT2D eigenvalue weighted by atomic mass is 79.9. The molecule has 104 valence electrons. The summed E-state index contributed by atoms with van der Waals surface area (Å²) in [5.74, 6) is 0.601. The third-order valence-electron chi connectivity index (χ3n) is 2.37. The van der Waals surface area contributed by atoms with Crippen molar-refractivity contribution in [2.45, 2.75) is 6.92 Å². The summed E-state index contributed by atoms with van der Waals surface area (Å²) in [5.41, 5.74) is 1.57. The van der Waals surface area contributed by atoms with Crippen molar-refractivity contribution >= 4 is 27.5 Å². The number of anilines is 1. The van der Waals surface area contributed by atoms with Gasteiger partial charge in [0.1, 0.15) is 12.4 Å². The van der Waals surface area contributed by atoms with E-state index >= 15 is 0 Å². The first-order valence-corrected chi connectivity index (χ1v) is 6.78. The van der Waals surface area contributed by atoms with Crippen molar-refractivity contribution in [2.75, 3.05) is 11.9 Å². The molecular formula is C15H14BrNO3. The molecule has 0 bridgehead atoms.